The highest BCUT2D eigenvalue weighted by Gasteiger charge is 2.23. The number of ketones is 2. The third kappa shape index (κ3) is 2.36. The third-order valence-electron chi connectivity index (χ3n) is 3.04. The minimum atomic E-state index is -0.408. The van der Waals surface area contributed by atoms with Crippen molar-refractivity contribution in [3.8, 4) is 0 Å². The van der Waals surface area contributed by atoms with Gasteiger partial charge in [-0.15, -0.1) is 0 Å². The molecule has 0 amide bonds. The van der Waals surface area contributed by atoms with Gasteiger partial charge >= 0.3 is 0 Å². The second-order valence-electron chi connectivity index (χ2n) is 4.84. The molecule has 2 nitrogen and oxygen atoms in total. The molecule has 1 aliphatic rings. The molecule has 1 aromatic rings. The first-order valence-electron chi connectivity index (χ1n) is 5.98. The van der Waals surface area contributed by atoms with Gasteiger partial charge in [0.1, 0.15) is 0 Å². The third-order valence-corrected chi connectivity index (χ3v) is 3.04. The number of carbonyl (C=O) groups excluding carboxylic acids is 2. The SMILES string of the molecule is CC(C)CCc1cccc2c1C(=O)C(=O)C=C2. The molecule has 0 unspecified atom stereocenters. The van der Waals surface area contributed by atoms with Crippen LogP contribution in [0.1, 0.15) is 41.8 Å². The molecular weight excluding hydrogens is 212 g/mol. The zero-order valence-corrected chi connectivity index (χ0v) is 10.2. The molecule has 0 saturated heterocycles. The van der Waals surface area contributed by atoms with Crippen LogP contribution in [0.3, 0.4) is 0 Å². The fourth-order valence-corrected chi connectivity index (χ4v) is 2.05. The molecule has 0 bridgehead atoms. The Morgan fingerprint density at radius 3 is 2.59 bits per heavy atom. The molecule has 0 aliphatic heterocycles. The van der Waals surface area contributed by atoms with E-state index in [1.807, 2.05) is 18.2 Å². The summed E-state index contributed by atoms with van der Waals surface area (Å²) in [6.07, 6.45) is 4.98. The molecule has 0 atom stereocenters. The van der Waals surface area contributed by atoms with Gasteiger partial charge in [0.25, 0.3) is 0 Å². The molecular formula is C15H16O2. The van der Waals surface area contributed by atoms with E-state index in [1.54, 1.807) is 6.08 Å². The summed E-state index contributed by atoms with van der Waals surface area (Å²) < 4.78 is 0. The van der Waals surface area contributed by atoms with Crippen molar-refractivity contribution in [2.75, 3.05) is 0 Å². The van der Waals surface area contributed by atoms with Crippen molar-refractivity contribution in [3.05, 3.63) is 41.0 Å². The van der Waals surface area contributed by atoms with E-state index in [0.29, 0.717) is 11.5 Å². The van der Waals surface area contributed by atoms with E-state index >= 15 is 0 Å². The summed E-state index contributed by atoms with van der Waals surface area (Å²) in [6, 6.07) is 5.78. The number of benzene rings is 1. The summed E-state index contributed by atoms with van der Waals surface area (Å²) in [7, 11) is 0. The van der Waals surface area contributed by atoms with Gasteiger partial charge in [-0.1, -0.05) is 38.1 Å². The van der Waals surface area contributed by atoms with Crippen molar-refractivity contribution < 1.29 is 9.59 Å². The smallest absolute Gasteiger partial charge is 0.233 e. The minimum absolute atomic E-state index is 0.359. The number of hydrogen-bond acceptors (Lipinski definition) is 2. The van der Waals surface area contributed by atoms with Crippen molar-refractivity contribution in [2.24, 2.45) is 5.92 Å². The van der Waals surface area contributed by atoms with E-state index in [0.717, 1.165) is 24.0 Å². The van der Waals surface area contributed by atoms with Crippen LogP contribution in [0, 0.1) is 5.92 Å². The standard InChI is InChI=1S/C15H16O2/c1-10(2)6-7-11-4-3-5-12-8-9-13(16)15(17)14(11)12/h3-5,8-10H,6-7H2,1-2H3. The zero-order chi connectivity index (χ0) is 12.4. The fraction of sp³-hybridized carbons (Fsp3) is 0.333. The summed E-state index contributed by atoms with van der Waals surface area (Å²) >= 11 is 0. The second-order valence-corrected chi connectivity index (χ2v) is 4.84. The molecule has 17 heavy (non-hydrogen) atoms. The molecule has 0 radical (unpaired) electrons. The van der Waals surface area contributed by atoms with Gasteiger partial charge < -0.3 is 0 Å². The van der Waals surface area contributed by atoms with Gasteiger partial charge in [-0.2, -0.15) is 0 Å². The van der Waals surface area contributed by atoms with E-state index in [4.69, 9.17) is 0 Å². The highest BCUT2D eigenvalue weighted by molar-refractivity contribution is 6.50. The Labute approximate surface area is 101 Å². The topological polar surface area (TPSA) is 34.1 Å². The lowest BCUT2D eigenvalue weighted by molar-refractivity contribution is -0.110. The van der Waals surface area contributed by atoms with Crippen LogP contribution in [-0.4, -0.2) is 11.6 Å². The van der Waals surface area contributed by atoms with Crippen LogP contribution in [0.25, 0.3) is 6.08 Å². The summed E-state index contributed by atoms with van der Waals surface area (Å²) in [5, 5.41) is 0. The maximum absolute atomic E-state index is 11.9. The normalized spacial score (nSPS) is 14.3. The quantitative estimate of drug-likeness (QED) is 0.745. The van der Waals surface area contributed by atoms with Gasteiger partial charge in [0.2, 0.25) is 11.6 Å². The maximum Gasteiger partial charge on any atom is 0.233 e. The van der Waals surface area contributed by atoms with Gasteiger partial charge in [0, 0.05) is 5.56 Å². The monoisotopic (exact) mass is 228 g/mol. The molecule has 1 aliphatic carbocycles. The predicted molar refractivity (Wildman–Crippen MR) is 68.0 cm³/mol. The predicted octanol–water partition coefficient (Wildman–Crippen LogP) is 3.05. The average Bonchev–Trinajstić information content (AvgIpc) is 2.31. The van der Waals surface area contributed by atoms with Gasteiger partial charge in [0.05, 0.1) is 0 Å². The number of allylic oxidation sites excluding steroid dienone is 1. The van der Waals surface area contributed by atoms with E-state index in [9.17, 15) is 9.59 Å². The first-order chi connectivity index (χ1) is 8.09. The van der Waals surface area contributed by atoms with Crippen molar-refractivity contribution in [2.45, 2.75) is 26.7 Å². The van der Waals surface area contributed by atoms with Gasteiger partial charge in [-0.25, -0.2) is 0 Å². The molecule has 2 rings (SSSR count). The summed E-state index contributed by atoms with van der Waals surface area (Å²) in [6.45, 7) is 4.31. The molecule has 0 saturated carbocycles. The molecule has 0 aromatic heterocycles. The van der Waals surface area contributed by atoms with E-state index < -0.39 is 5.78 Å². The first-order valence-corrected chi connectivity index (χ1v) is 5.98. The summed E-state index contributed by atoms with van der Waals surface area (Å²) in [4.78, 5) is 23.3. The van der Waals surface area contributed by atoms with Gasteiger partial charge in [-0.05, 0) is 36.0 Å². The summed E-state index contributed by atoms with van der Waals surface area (Å²) in [5.41, 5.74) is 2.48. The Morgan fingerprint density at radius 2 is 1.88 bits per heavy atom. The first kappa shape index (κ1) is 11.8. The largest absolute Gasteiger partial charge is 0.286 e. The van der Waals surface area contributed by atoms with E-state index in [1.165, 1.54) is 6.08 Å². The van der Waals surface area contributed by atoms with Crippen molar-refractivity contribution in [1.29, 1.82) is 0 Å². The number of aryl methyl sites for hydroxylation is 1. The zero-order valence-electron chi connectivity index (χ0n) is 10.2. The number of Topliss-reactive ketones (excluding diaryl/α,β-unsaturated/α-hetero) is 1. The second kappa shape index (κ2) is 4.66. The molecule has 0 fully saturated rings. The minimum Gasteiger partial charge on any atom is -0.286 e. The molecule has 88 valence electrons. The average molecular weight is 228 g/mol. The van der Waals surface area contributed by atoms with Crippen molar-refractivity contribution in [1.82, 2.24) is 0 Å². The maximum atomic E-state index is 11.9. The molecule has 0 spiro atoms. The van der Waals surface area contributed by atoms with Crippen LogP contribution in [0.4, 0.5) is 0 Å². The van der Waals surface area contributed by atoms with Crippen LogP contribution >= 0.6 is 0 Å². The number of carbonyl (C=O) groups is 2. The van der Waals surface area contributed by atoms with Crippen LogP contribution < -0.4 is 0 Å². The molecule has 0 heterocycles. The highest BCUT2D eigenvalue weighted by atomic mass is 16.2. The number of fused-ring (bicyclic) bond motifs is 1. The highest BCUT2D eigenvalue weighted by Crippen LogP contribution is 2.23. The van der Waals surface area contributed by atoms with Crippen LogP contribution in [-0.2, 0) is 11.2 Å². The van der Waals surface area contributed by atoms with Crippen molar-refractivity contribution in [3.63, 3.8) is 0 Å². The molecule has 1 aromatic carbocycles. The lowest BCUT2D eigenvalue weighted by Gasteiger charge is -2.14. The fourth-order valence-electron chi connectivity index (χ4n) is 2.05. The van der Waals surface area contributed by atoms with Crippen LogP contribution in [0.15, 0.2) is 24.3 Å². The summed E-state index contributed by atoms with van der Waals surface area (Å²) in [5.74, 6) is -0.174. The Hall–Kier alpha value is -1.70. The Morgan fingerprint density at radius 1 is 1.12 bits per heavy atom. The van der Waals surface area contributed by atoms with Crippen LogP contribution in [0.2, 0.25) is 0 Å². The number of rotatable bonds is 3. The van der Waals surface area contributed by atoms with Gasteiger partial charge in [0.15, 0.2) is 0 Å². The number of hydrogen-bond donors (Lipinski definition) is 0. The lowest BCUT2D eigenvalue weighted by Crippen LogP contribution is -2.18. The molecule has 0 N–H and O–H groups in total. The van der Waals surface area contributed by atoms with Gasteiger partial charge in [-0.3, -0.25) is 9.59 Å². The Bertz CT molecular complexity index is 496. The lowest BCUT2D eigenvalue weighted by atomic mass is 9.88. The van der Waals surface area contributed by atoms with E-state index in [-0.39, 0.29) is 5.78 Å². The van der Waals surface area contributed by atoms with Crippen molar-refractivity contribution >= 4 is 17.6 Å². The van der Waals surface area contributed by atoms with Crippen LogP contribution in [0.5, 0.6) is 0 Å². The Balaban J connectivity index is 2.39. The molecule has 2 heteroatoms. The van der Waals surface area contributed by atoms with E-state index in [2.05, 4.69) is 13.8 Å². The Kier molecular flexibility index (Phi) is 3.23.